The van der Waals surface area contributed by atoms with E-state index in [-0.39, 0.29) is 16.5 Å². The van der Waals surface area contributed by atoms with Crippen molar-refractivity contribution < 1.29 is 18.3 Å². The molecule has 2 rings (SSSR count). The van der Waals surface area contributed by atoms with Crippen LogP contribution in [0.5, 0.6) is 0 Å². The van der Waals surface area contributed by atoms with Gasteiger partial charge in [-0.05, 0) is 38.1 Å². The van der Waals surface area contributed by atoms with E-state index in [1.807, 2.05) is 0 Å². The maximum Gasteiger partial charge on any atom is 0.335 e. The Labute approximate surface area is 122 Å². The van der Waals surface area contributed by atoms with Gasteiger partial charge in [-0.1, -0.05) is 0 Å². The summed E-state index contributed by atoms with van der Waals surface area (Å²) >= 11 is 0. The largest absolute Gasteiger partial charge is 0.478 e. The van der Waals surface area contributed by atoms with Gasteiger partial charge in [0.25, 0.3) is 0 Å². The number of hydrogen-bond acceptors (Lipinski definition) is 4. The highest BCUT2D eigenvalue weighted by molar-refractivity contribution is 7.89. The second-order valence-electron chi connectivity index (χ2n) is 4.75. The molecule has 1 heterocycles. The Hall–Kier alpha value is -2.19. The molecule has 0 bridgehead atoms. The zero-order valence-electron chi connectivity index (χ0n) is 11.5. The molecule has 0 saturated heterocycles. The minimum atomic E-state index is -3.78. The fourth-order valence-electron chi connectivity index (χ4n) is 1.79. The zero-order chi connectivity index (χ0) is 15.6. The van der Waals surface area contributed by atoms with Gasteiger partial charge < -0.3 is 5.11 Å². The van der Waals surface area contributed by atoms with Gasteiger partial charge in [-0.25, -0.2) is 22.6 Å². The van der Waals surface area contributed by atoms with Crippen molar-refractivity contribution in [2.45, 2.75) is 24.8 Å². The van der Waals surface area contributed by atoms with Gasteiger partial charge in [0.2, 0.25) is 10.0 Å². The van der Waals surface area contributed by atoms with Crippen LogP contribution in [-0.4, -0.2) is 35.3 Å². The van der Waals surface area contributed by atoms with Crippen molar-refractivity contribution in [1.82, 2.24) is 14.5 Å². The molecule has 0 saturated carbocycles. The molecule has 1 aromatic heterocycles. The fraction of sp³-hybridized carbons (Fsp3) is 0.231. The highest BCUT2D eigenvalue weighted by atomic mass is 32.2. The van der Waals surface area contributed by atoms with Crippen molar-refractivity contribution >= 4 is 16.0 Å². The quantitative estimate of drug-likeness (QED) is 0.865. The standard InChI is InChI=1S/C13H15N3O4S/c1-9(2)15-21(19,20)12-7-10(13(17)18)6-11(8-12)16-5-3-4-14-16/h3-9,15H,1-2H3,(H,17,18). The van der Waals surface area contributed by atoms with Gasteiger partial charge in [-0.3, -0.25) is 0 Å². The van der Waals surface area contributed by atoms with Gasteiger partial charge in [0.15, 0.2) is 0 Å². The van der Waals surface area contributed by atoms with Gasteiger partial charge in [0.1, 0.15) is 0 Å². The summed E-state index contributed by atoms with van der Waals surface area (Å²) in [6, 6.07) is 5.23. The summed E-state index contributed by atoms with van der Waals surface area (Å²) in [4.78, 5) is 11.1. The Morgan fingerprint density at radius 2 is 2.05 bits per heavy atom. The Bertz CT molecular complexity index is 752. The number of carboxylic acid groups (broad SMARTS) is 1. The minimum Gasteiger partial charge on any atom is -0.478 e. The van der Waals surface area contributed by atoms with Crippen LogP contribution < -0.4 is 4.72 Å². The van der Waals surface area contributed by atoms with Crippen molar-refractivity contribution in [3.05, 3.63) is 42.2 Å². The van der Waals surface area contributed by atoms with Gasteiger partial charge in [0, 0.05) is 18.4 Å². The van der Waals surface area contributed by atoms with Gasteiger partial charge in [0.05, 0.1) is 16.1 Å². The van der Waals surface area contributed by atoms with Crippen LogP contribution in [0.4, 0.5) is 0 Å². The maximum absolute atomic E-state index is 12.2. The van der Waals surface area contributed by atoms with E-state index in [9.17, 15) is 13.2 Å². The summed E-state index contributed by atoms with van der Waals surface area (Å²) in [6.45, 7) is 3.38. The molecule has 0 amide bonds. The van der Waals surface area contributed by atoms with Crippen molar-refractivity contribution in [1.29, 1.82) is 0 Å². The average molecular weight is 309 g/mol. The predicted molar refractivity (Wildman–Crippen MR) is 76.0 cm³/mol. The molecule has 21 heavy (non-hydrogen) atoms. The van der Waals surface area contributed by atoms with Crippen LogP contribution >= 0.6 is 0 Å². The Morgan fingerprint density at radius 3 is 2.57 bits per heavy atom. The lowest BCUT2D eigenvalue weighted by molar-refractivity contribution is 0.0696. The van der Waals surface area contributed by atoms with E-state index in [4.69, 9.17) is 5.11 Å². The highest BCUT2D eigenvalue weighted by Crippen LogP contribution is 2.18. The van der Waals surface area contributed by atoms with Gasteiger partial charge >= 0.3 is 5.97 Å². The van der Waals surface area contributed by atoms with E-state index < -0.39 is 16.0 Å². The molecule has 8 heteroatoms. The third-order valence-electron chi connectivity index (χ3n) is 2.61. The Balaban J connectivity index is 2.59. The number of carbonyl (C=O) groups is 1. The second-order valence-corrected chi connectivity index (χ2v) is 6.46. The first kappa shape index (κ1) is 15.2. The third-order valence-corrected chi connectivity index (χ3v) is 4.25. The minimum absolute atomic E-state index is 0.110. The zero-order valence-corrected chi connectivity index (χ0v) is 12.3. The van der Waals surface area contributed by atoms with Crippen LogP contribution in [0.25, 0.3) is 5.69 Å². The average Bonchev–Trinajstić information content (AvgIpc) is 2.90. The van der Waals surface area contributed by atoms with E-state index in [0.29, 0.717) is 5.69 Å². The number of nitrogens with zero attached hydrogens (tertiary/aromatic N) is 2. The summed E-state index contributed by atoms with van der Waals surface area (Å²) in [5.74, 6) is -1.20. The van der Waals surface area contributed by atoms with Gasteiger partial charge in [-0.2, -0.15) is 5.10 Å². The highest BCUT2D eigenvalue weighted by Gasteiger charge is 2.19. The van der Waals surface area contributed by atoms with Gasteiger partial charge in [-0.15, -0.1) is 0 Å². The number of sulfonamides is 1. The van der Waals surface area contributed by atoms with Crippen LogP contribution in [0.2, 0.25) is 0 Å². The van der Waals surface area contributed by atoms with Crippen molar-refractivity contribution in [2.24, 2.45) is 0 Å². The number of aromatic nitrogens is 2. The molecule has 0 aliphatic rings. The molecule has 0 spiro atoms. The molecule has 1 aromatic carbocycles. The molecule has 0 atom stereocenters. The van der Waals surface area contributed by atoms with E-state index in [0.717, 1.165) is 6.07 Å². The van der Waals surface area contributed by atoms with E-state index in [1.54, 1.807) is 26.1 Å². The van der Waals surface area contributed by atoms with Crippen LogP contribution in [0.1, 0.15) is 24.2 Å². The van der Waals surface area contributed by atoms with Crippen molar-refractivity contribution in [3.8, 4) is 5.69 Å². The molecular weight excluding hydrogens is 294 g/mol. The van der Waals surface area contributed by atoms with E-state index in [1.165, 1.54) is 23.0 Å². The number of aromatic carboxylic acids is 1. The van der Waals surface area contributed by atoms with Crippen LogP contribution in [-0.2, 0) is 10.0 Å². The van der Waals surface area contributed by atoms with Crippen LogP contribution in [0.15, 0.2) is 41.6 Å². The first-order chi connectivity index (χ1) is 9.79. The van der Waals surface area contributed by atoms with Crippen LogP contribution in [0, 0.1) is 0 Å². The molecule has 0 fully saturated rings. The third kappa shape index (κ3) is 3.47. The SMILES string of the molecule is CC(C)NS(=O)(=O)c1cc(C(=O)O)cc(-n2cccn2)c1. The number of hydrogen-bond donors (Lipinski definition) is 2. The predicted octanol–water partition coefficient (Wildman–Crippen LogP) is 1.26. The monoisotopic (exact) mass is 309 g/mol. The lowest BCUT2D eigenvalue weighted by Gasteiger charge is -2.12. The molecule has 0 unspecified atom stereocenters. The molecular formula is C13H15N3O4S. The van der Waals surface area contributed by atoms with Crippen molar-refractivity contribution in [3.63, 3.8) is 0 Å². The molecule has 0 aliphatic heterocycles. The Kier molecular flexibility index (Phi) is 4.10. The topological polar surface area (TPSA) is 101 Å². The summed E-state index contributed by atoms with van der Waals surface area (Å²) in [7, 11) is -3.78. The molecule has 0 aliphatic carbocycles. The van der Waals surface area contributed by atoms with E-state index >= 15 is 0 Å². The molecule has 0 radical (unpaired) electrons. The summed E-state index contributed by atoms with van der Waals surface area (Å²) in [5, 5.41) is 13.1. The first-order valence-electron chi connectivity index (χ1n) is 6.20. The lowest BCUT2D eigenvalue weighted by atomic mass is 10.2. The summed E-state index contributed by atoms with van der Waals surface area (Å²) in [5.41, 5.74) is 0.246. The second kappa shape index (κ2) is 5.66. The summed E-state index contributed by atoms with van der Waals surface area (Å²) in [6.07, 6.45) is 3.13. The number of nitrogens with one attached hydrogen (secondary N) is 1. The van der Waals surface area contributed by atoms with Crippen molar-refractivity contribution in [2.75, 3.05) is 0 Å². The fourth-order valence-corrected chi connectivity index (χ4v) is 3.11. The molecule has 112 valence electrons. The first-order valence-corrected chi connectivity index (χ1v) is 7.68. The molecule has 7 nitrogen and oxygen atoms in total. The Morgan fingerprint density at radius 1 is 1.33 bits per heavy atom. The number of carboxylic acids is 1. The lowest BCUT2D eigenvalue weighted by Crippen LogP contribution is -2.30. The number of rotatable bonds is 5. The van der Waals surface area contributed by atoms with Crippen LogP contribution in [0.3, 0.4) is 0 Å². The number of benzene rings is 1. The molecule has 2 aromatic rings. The maximum atomic E-state index is 12.2. The normalized spacial score (nSPS) is 11.8. The smallest absolute Gasteiger partial charge is 0.335 e. The molecule has 2 N–H and O–H groups in total. The summed E-state index contributed by atoms with van der Waals surface area (Å²) < 4.78 is 28.2. The van der Waals surface area contributed by atoms with E-state index in [2.05, 4.69) is 9.82 Å².